The van der Waals surface area contributed by atoms with E-state index in [0.29, 0.717) is 35.2 Å². The summed E-state index contributed by atoms with van der Waals surface area (Å²) in [4.78, 5) is 32.4. The van der Waals surface area contributed by atoms with Gasteiger partial charge in [0.25, 0.3) is 11.8 Å². The lowest BCUT2D eigenvalue weighted by molar-refractivity contribution is 0.0712. The number of pyridine rings is 1. The first kappa shape index (κ1) is 20.9. The van der Waals surface area contributed by atoms with Crippen molar-refractivity contribution >= 4 is 34.4 Å². The third kappa shape index (κ3) is 3.75. The molecule has 7 nitrogen and oxygen atoms in total. The van der Waals surface area contributed by atoms with E-state index in [2.05, 4.69) is 5.32 Å². The number of carbonyl (C=O) groups excluding carboxylic acids is 2. The van der Waals surface area contributed by atoms with E-state index >= 15 is 0 Å². The molecule has 3 aromatic rings. The van der Waals surface area contributed by atoms with Gasteiger partial charge in [-0.1, -0.05) is 17.7 Å². The van der Waals surface area contributed by atoms with E-state index in [9.17, 15) is 9.59 Å². The van der Waals surface area contributed by atoms with Gasteiger partial charge in [-0.15, -0.1) is 0 Å². The standard InChI is InChI=1S/C24H26ClN5O2/c1-26-23(31)18-13-19(14-6-7-14)27-22-20(18)21(28-29(22)2)15-8-10-30(11-9-15)24(32)16-4-3-5-17(25)12-16/h3-5,12-15H,6-11H2,1-2H3,(H,26,31). The third-order valence-electron chi connectivity index (χ3n) is 6.55. The lowest BCUT2D eigenvalue weighted by Crippen LogP contribution is -2.38. The molecule has 2 aromatic heterocycles. The highest BCUT2D eigenvalue weighted by molar-refractivity contribution is 6.30. The van der Waals surface area contributed by atoms with E-state index in [-0.39, 0.29) is 17.7 Å². The highest BCUT2D eigenvalue weighted by Crippen LogP contribution is 2.41. The van der Waals surface area contributed by atoms with Gasteiger partial charge >= 0.3 is 0 Å². The summed E-state index contributed by atoms with van der Waals surface area (Å²) in [6.07, 6.45) is 3.82. The van der Waals surface area contributed by atoms with Crippen LogP contribution in [0.5, 0.6) is 0 Å². The molecule has 32 heavy (non-hydrogen) atoms. The van der Waals surface area contributed by atoms with Gasteiger partial charge in [-0.05, 0) is 49.9 Å². The van der Waals surface area contributed by atoms with Crippen molar-refractivity contribution in [2.45, 2.75) is 37.5 Å². The highest BCUT2D eigenvalue weighted by Gasteiger charge is 2.32. The van der Waals surface area contributed by atoms with Crippen molar-refractivity contribution in [3.05, 3.63) is 57.9 Å². The summed E-state index contributed by atoms with van der Waals surface area (Å²) in [6, 6.07) is 9.02. The number of halogens is 1. The molecule has 0 bridgehead atoms. The number of amides is 2. The van der Waals surface area contributed by atoms with E-state index in [1.807, 2.05) is 18.0 Å². The maximum absolute atomic E-state index is 12.9. The second kappa shape index (κ2) is 8.20. The Morgan fingerprint density at radius 3 is 2.50 bits per heavy atom. The largest absolute Gasteiger partial charge is 0.355 e. The molecule has 0 radical (unpaired) electrons. The Morgan fingerprint density at radius 2 is 1.84 bits per heavy atom. The summed E-state index contributed by atoms with van der Waals surface area (Å²) in [5.41, 5.74) is 3.91. The Hall–Kier alpha value is -2.93. The smallest absolute Gasteiger partial charge is 0.253 e. The third-order valence-corrected chi connectivity index (χ3v) is 6.78. The number of fused-ring (bicyclic) bond motifs is 1. The van der Waals surface area contributed by atoms with Crippen LogP contribution < -0.4 is 5.32 Å². The molecular formula is C24H26ClN5O2. The molecule has 3 heterocycles. The first-order valence-corrected chi connectivity index (χ1v) is 11.5. The zero-order valence-electron chi connectivity index (χ0n) is 18.3. The van der Waals surface area contributed by atoms with E-state index in [0.717, 1.165) is 48.1 Å². The highest BCUT2D eigenvalue weighted by atomic mass is 35.5. The fourth-order valence-corrected chi connectivity index (χ4v) is 4.83. The van der Waals surface area contributed by atoms with Gasteiger partial charge in [-0.25, -0.2) is 4.98 Å². The van der Waals surface area contributed by atoms with Crippen LogP contribution in [0.2, 0.25) is 5.02 Å². The van der Waals surface area contributed by atoms with Gasteiger partial charge in [0.05, 0.1) is 16.6 Å². The molecule has 1 N–H and O–H groups in total. The van der Waals surface area contributed by atoms with Crippen molar-refractivity contribution in [2.24, 2.45) is 7.05 Å². The molecular weight excluding hydrogens is 426 g/mol. The number of nitrogens with one attached hydrogen (secondary N) is 1. The predicted molar refractivity (Wildman–Crippen MR) is 123 cm³/mol. The molecule has 1 aliphatic heterocycles. The summed E-state index contributed by atoms with van der Waals surface area (Å²) in [5, 5.41) is 8.99. The normalized spacial score (nSPS) is 17.0. The average Bonchev–Trinajstić information content (AvgIpc) is 3.61. The number of hydrogen-bond donors (Lipinski definition) is 1. The molecule has 1 aliphatic carbocycles. The minimum absolute atomic E-state index is 0.00128. The lowest BCUT2D eigenvalue weighted by atomic mass is 9.90. The number of nitrogens with zero attached hydrogens (tertiary/aromatic N) is 4. The predicted octanol–water partition coefficient (Wildman–Crippen LogP) is 3.88. The number of rotatable bonds is 4. The summed E-state index contributed by atoms with van der Waals surface area (Å²) >= 11 is 6.06. The second-order valence-corrected chi connectivity index (χ2v) is 9.17. The minimum atomic E-state index is -0.109. The van der Waals surface area contributed by atoms with E-state index in [1.165, 1.54) is 0 Å². The fourth-order valence-electron chi connectivity index (χ4n) is 4.64. The van der Waals surface area contributed by atoms with Crippen LogP contribution in [0.1, 0.15) is 69.6 Å². The van der Waals surface area contributed by atoms with Crippen LogP contribution in [0, 0.1) is 0 Å². The van der Waals surface area contributed by atoms with Crippen LogP contribution in [-0.4, -0.2) is 51.6 Å². The molecule has 2 amide bonds. The molecule has 1 saturated carbocycles. The van der Waals surface area contributed by atoms with Crippen molar-refractivity contribution in [3.8, 4) is 0 Å². The van der Waals surface area contributed by atoms with E-state index < -0.39 is 0 Å². The zero-order chi connectivity index (χ0) is 22.4. The Kier molecular flexibility index (Phi) is 5.37. The number of piperidine rings is 1. The van der Waals surface area contributed by atoms with Crippen molar-refractivity contribution in [1.82, 2.24) is 25.0 Å². The number of aryl methyl sites for hydroxylation is 1. The number of benzene rings is 1. The summed E-state index contributed by atoms with van der Waals surface area (Å²) in [6.45, 7) is 1.27. The summed E-state index contributed by atoms with van der Waals surface area (Å²) in [5.74, 6) is 0.502. The maximum Gasteiger partial charge on any atom is 0.253 e. The minimum Gasteiger partial charge on any atom is -0.355 e. The maximum atomic E-state index is 12.9. The monoisotopic (exact) mass is 451 g/mol. The molecule has 5 rings (SSSR count). The van der Waals surface area contributed by atoms with Gasteiger partial charge in [-0.2, -0.15) is 5.10 Å². The number of hydrogen-bond acceptors (Lipinski definition) is 4. The number of aromatic nitrogens is 3. The molecule has 166 valence electrons. The first-order chi connectivity index (χ1) is 15.5. The van der Waals surface area contributed by atoms with Crippen LogP contribution in [0.4, 0.5) is 0 Å². The number of carbonyl (C=O) groups is 2. The van der Waals surface area contributed by atoms with Crippen LogP contribution in [0.15, 0.2) is 30.3 Å². The van der Waals surface area contributed by atoms with Crippen molar-refractivity contribution in [2.75, 3.05) is 20.1 Å². The molecule has 0 atom stereocenters. The Labute approximate surface area is 191 Å². The molecule has 0 spiro atoms. The summed E-state index contributed by atoms with van der Waals surface area (Å²) in [7, 11) is 3.54. The van der Waals surface area contributed by atoms with Crippen LogP contribution >= 0.6 is 11.6 Å². The van der Waals surface area contributed by atoms with Gasteiger partial charge in [0.15, 0.2) is 5.65 Å². The van der Waals surface area contributed by atoms with Crippen LogP contribution in [-0.2, 0) is 7.05 Å². The van der Waals surface area contributed by atoms with Crippen molar-refractivity contribution in [3.63, 3.8) is 0 Å². The van der Waals surface area contributed by atoms with Gasteiger partial charge in [0.1, 0.15) is 0 Å². The van der Waals surface area contributed by atoms with E-state index in [4.69, 9.17) is 21.7 Å². The van der Waals surface area contributed by atoms with Gasteiger partial charge in [0.2, 0.25) is 0 Å². The van der Waals surface area contributed by atoms with Crippen LogP contribution in [0.3, 0.4) is 0 Å². The Bertz CT molecular complexity index is 1210. The molecule has 8 heteroatoms. The van der Waals surface area contributed by atoms with E-state index in [1.54, 1.807) is 36.0 Å². The van der Waals surface area contributed by atoms with Gasteiger partial charge in [-0.3, -0.25) is 14.3 Å². The Morgan fingerprint density at radius 1 is 1.09 bits per heavy atom. The Balaban J connectivity index is 1.43. The van der Waals surface area contributed by atoms with Crippen molar-refractivity contribution < 1.29 is 9.59 Å². The van der Waals surface area contributed by atoms with Crippen molar-refractivity contribution in [1.29, 1.82) is 0 Å². The van der Waals surface area contributed by atoms with Gasteiger partial charge in [0, 0.05) is 55.3 Å². The average molecular weight is 452 g/mol. The second-order valence-electron chi connectivity index (χ2n) is 8.73. The molecule has 2 fully saturated rings. The molecule has 2 aliphatic rings. The zero-order valence-corrected chi connectivity index (χ0v) is 19.0. The molecule has 0 unspecified atom stereocenters. The quantitative estimate of drug-likeness (QED) is 0.652. The first-order valence-electron chi connectivity index (χ1n) is 11.1. The molecule has 1 saturated heterocycles. The lowest BCUT2D eigenvalue weighted by Gasteiger charge is -2.31. The number of likely N-dealkylation sites (tertiary alicyclic amines) is 1. The van der Waals surface area contributed by atoms with Gasteiger partial charge < -0.3 is 10.2 Å². The SMILES string of the molecule is CNC(=O)c1cc(C2CC2)nc2c1c(C1CCN(C(=O)c3cccc(Cl)c3)CC1)nn2C. The fraction of sp³-hybridized carbons (Fsp3) is 0.417. The summed E-state index contributed by atoms with van der Waals surface area (Å²) < 4.78 is 1.80. The van der Waals surface area contributed by atoms with Crippen LogP contribution in [0.25, 0.3) is 11.0 Å². The molecule has 1 aromatic carbocycles. The topological polar surface area (TPSA) is 80.1 Å².